The lowest BCUT2D eigenvalue weighted by molar-refractivity contribution is 0.167. The van der Waals surface area contributed by atoms with E-state index in [2.05, 4.69) is 160 Å². The maximum Gasteiger partial charge on any atom is 0.411 e. The van der Waals surface area contributed by atoms with Crippen LogP contribution in [0.1, 0.15) is 84.7 Å². The number of aromatic nitrogens is 5. The van der Waals surface area contributed by atoms with Crippen LogP contribution in [0.5, 0.6) is 5.75 Å². The highest BCUT2D eigenvalue weighted by Gasteiger charge is 2.15. The second-order valence-corrected chi connectivity index (χ2v) is 24.1. The monoisotopic (exact) mass is 1550 g/mol. The molecule has 20 N–H and O–H groups in total. The van der Waals surface area contributed by atoms with Crippen molar-refractivity contribution in [2.75, 3.05) is 122 Å². The van der Waals surface area contributed by atoms with E-state index in [0.29, 0.717) is 116 Å². The molecule has 0 aliphatic carbocycles. The summed E-state index contributed by atoms with van der Waals surface area (Å²) in [6.45, 7) is 21.0. The highest BCUT2D eigenvalue weighted by Crippen LogP contribution is 2.26. The third-order valence-electron chi connectivity index (χ3n) is 15.4. The van der Waals surface area contributed by atoms with E-state index in [-0.39, 0.29) is 42.2 Å². The molecular formula is C80H98F2N20O11. The zero-order chi connectivity index (χ0) is 82.2. The quantitative estimate of drug-likeness (QED) is 0.0224. The van der Waals surface area contributed by atoms with Crippen molar-refractivity contribution in [1.82, 2.24) is 24.9 Å². The Bertz CT molecular complexity index is 4640. The molecule has 0 fully saturated rings. The number of anilines is 15. The number of nitrogen functional groups attached to an aromatic ring is 5. The summed E-state index contributed by atoms with van der Waals surface area (Å²) in [5.41, 5.74) is 40.9. The van der Waals surface area contributed by atoms with Crippen LogP contribution in [0, 0.1) is 39.3 Å². The summed E-state index contributed by atoms with van der Waals surface area (Å²) in [5.74, 6) is 3.47. The fourth-order valence-electron chi connectivity index (χ4n) is 9.75. The molecule has 5 amide bonds. The van der Waals surface area contributed by atoms with Gasteiger partial charge in [0.2, 0.25) is 0 Å². The van der Waals surface area contributed by atoms with E-state index in [1.807, 2.05) is 36.4 Å². The number of nitrogens with two attached hydrogens (primary N) is 5. The van der Waals surface area contributed by atoms with Crippen molar-refractivity contribution in [3.05, 3.63) is 232 Å². The second kappa shape index (κ2) is 46.3. The van der Waals surface area contributed by atoms with Gasteiger partial charge >= 0.3 is 30.5 Å². The van der Waals surface area contributed by atoms with Crippen molar-refractivity contribution in [3.63, 3.8) is 0 Å². The van der Waals surface area contributed by atoms with Gasteiger partial charge in [0.05, 0.1) is 68.6 Å². The molecule has 0 bridgehead atoms. The minimum absolute atomic E-state index is 0.0858. The van der Waals surface area contributed by atoms with Gasteiger partial charge in [-0.25, -0.2) is 57.7 Å². The Morgan fingerprint density at radius 3 is 0.991 bits per heavy atom. The van der Waals surface area contributed by atoms with Gasteiger partial charge in [0.15, 0.2) is 0 Å². The number of aryl methyl sites for hydroxylation is 4. The number of carbonyl (C=O) groups excluding carboxylic acids is 5. The molecule has 33 heteroatoms. The van der Waals surface area contributed by atoms with Gasteiger partial charge in [-0.1, -0.05) is 102 Å². The first-order valence-corrected chi connectivity index (χ1v) is 35.7. The van der Waals surface area contributed by atoms with Crippen molar-refractivity contribution < 1.29 is 61.2 Å². The number of pyridine rings is 5. The van der Waals surface area contributed by atoms with Crippen LogP contribution in [0.3, 0.4) is 0 Å². The third-order valence-corrected chi connectivity index (χ3v) is 15.4. The lowest BCUT2D eigenvalue weighted by atomic mass is 10.1. The molecule has 31 nitrogen and oxygen atoms in total. The Labute approximate surface area is 654 Å². The van der Waals surface area contributed by atoms with Crippen LogP contribution in [-0.4, -0.2) is 95.5 Å². The van der Waals surface area contributed by atoms with Crippen LogP contribution in [0.4, 0.5) is 119 Å². The Morgan fingerprint density at radius 1 is 0.336 bits per heavy atom. The van der Waals surface area contributed by atoms with Gasteiger partial charge in [0.25, 0.3) is 0 Å². The molecule has 0 radical (unpaired) electrons. The van der Waals surface area contributed by atoms with Crippen molar-refractivity contribution in [3.8, 4) is 5.75 Å². The Kier molecular flexibility index (Phi) is 35.9. The van der Waals surface area contributed by atoms with E-state index in [1.165, 1.54) is 39.9 Å². The number of hydrogen-bond donors (Lipinski definition) is 15. The first-order chi connectivity index (χ1) is 54.3. The maximum atomic E-state index is 13.5. The number of nitrogens with zero attached hydrogens (tertiary/aromatic N) is 5. The number of nitrogens with one attached hydrogen (secondary N) is 10. The molecule has 0 spiro atoms. The predicted molar refractivity (Wildman–Crippen MR) is 441 cm³/mol. The summed E-state index contributed by atoms with van der Waals surface area (Å²) in [4.78, 5) is 77.7. The van der Waals surface area contributed by atoms with Crippen molar-refractivity contribution in [1.29, 1.82) is 0 Å². The van der Waals surface area contributed by atoms with Crippen LogP contribution >= 0.6 is 0 Å². The number of carbonyl (C=O) groups is 5. The molecule has 0 aliphatic heterocycles. The van der Waals surface area contributed by atoms with E-state index in [1.54, 1.807) is 102 Å². The van der Waals surface area contributed by atoms with Crippen LogP contribution < -0.4 is 86.6 Å². The zero-order valence-corrected chi connectivity index (χ0v) is 64.6. The first kappa shape index (κ1) is 87.8. The highest BCUT2D eigenvalue weighted by atomic mass is 19.1. The van der Waals surface area contributed by atoms with Gasteiger partial charge in [-0.3, -0.25) is 26.6 Å². The molecule has 598 valence electrons. The van der Waals surface area contributed by atoms with Crippen LogP contribution in [-0.2, 0) is 56.4 Å². The maximum absolute atomic E-state index is 13.5. The lowest BCUT2D eigenvalue weighted by Gasteiger charge is -2.12. The van der Waals surface area contributed by atoms with Crippen LogP contribution in [0.15, 0.2) is 170 Å². The normalized spacial score (nSPS) is 10.1. The van der Waals surface area contributed by atoms with Gasteiger partial charge in [-0.05, 0) is 169 Å². The Hall–Kier alpha value is -14.1. The second-order valence-electron chi connectivity index (χ2n) is 24.1. The fourth-order valence-corrected chi connectivity index (χ4v) is 9.75. The highest BCUT2D eigenvalue weighted by molar-refractivity contribution is 5.91. The SMILES string of the molecule is CCOC(=O)Nc1ccc(NCc2ccc(C)cc2)nc1N.CCOC(=O)Nc1ccc(NCc2ccc(C)cc2C)nc1N.CCOC(=O)Nc1ccc(NCc2ccc(F)cc2F)nc1N.CCOC(=O)Nc1ccc(NCc2cccc(C)c2)nc1N.CCOC(=O)Nc1ccc(NCc2cccc(OC)c2)nc1N. The van der Waals surface area contributed by atoms with Crippen LogP contribution in [0.2, 0.25) is 0 Å². The average Bonchev–Trinajstić information content (AvgIpc) is 0.773. The summed E-state index contributed by atoms with van der Waals surface area (Å²) >= 11 is 0. The van der Waals surface area contributed by atoms with Crippen molar-refractivity contribution >= 4 is 117 Å². The summed E-state index contributed by atoms with van der Waals surface area (Å²) < 4.78 is 55.5. The summed E-state index contributed by atoms with van der Waals surface area (Å²) in [7, 11) is 1.63. The molecular weight excluding hydrogens is 1460 g/mol. The molecule has 0 unspecified atom stereocenters. The molecule has 0 saturated carbocycles. The topological polar surface area (TPSA) is 456 Å². The summed E-state index contributed by atoms with van der Waals surface area (Å²) in [6.07, 6.45) is -2.82. The molecule has 0 saturated heterocycles. The number of hydrogen-bond acceptors (Lipinski definition) is 26. The standard InChI is InChI=1S/C17H22N4O2.C16H20N4O3.2C16H20N4O2.C15H16F2N4O2/c1-4-23-17(22)20-14-7-8-15(21-16(14)18)19-10-13-6-5-11(2)9-12(13)3;1-3-23-16(21)19-13-7-8-14(20-15(13)17)18-10-11-5-4-6-12(9-11)22-2;1-3-22-16(21)19-13-8-9-14(20-15(13)17)18-10-12-6-4-11(2)5-7-12;1-3-22-16(21)19-13-7-8-14(20-15(13)17)18-10-12-6-4-5-11(2)9-12;1-2-23-15(22)20-12-5-6-13(21-14(12)18)19-8-9-3-4-10(16)7-11(9)17/h5-9H,4,10H2,1-3H3,(H,20,22)(H3,18,19,21);4-9H,3,10H2,1-2H3,(H,19,21)(H3,17,18,20);2*4-9H,3,10H2,1-2H3,(H,19,21)(H3,17,18,20);3-7H,2,8H2,1H3,(H,20,22)(H3,18,19,21). The number of ether oxygens (including phenoxy) is 6. The summed E-state index contributed by atoms with van der Waals surface area (Å²) in [5, 5.41) is 28.3. The van der Waals surface area contributed by atoms with E-state index in [0.717, 1.165) is 28.5 Å². The molecule has 5 heterocycles. The number of benzene rings is 5. The number of halogens is 2. The lowest BCUT2D eigenvalue weighted by Crippen LogP contribution is -2.15. The van der Waals surface area contributed by atoms with Gasteiger partial charge in [-0.2, -0.15) is 0 Å². The molecule has 5 aromatic carbocycles. The molecule has 10 rings (SSSR count). The van der Waals surface area contributed by atoms with Gasteiger partial charge in [0.1, 0.15) is 75.6 Å². The van der Waals surface area contributed by atoms with E-state index in [4.69, 9.17) is 57.1 Å². The minimum atomic E-state index is -0.647. The number of methoxy groups -OCH3 is 1. The minimum Gasteiger partial charge on any atom is -0.497 e. The molecule has 0 atom stereocenters. The molecule has 113 heavy (non-hydrogen) atoms. The number of rotatable bonds is 26. The third kappa shape index (κ3) is 31.5. The van der Waals surface area contributed by atoms with Gasteiger partial charge < -0.3 is 83.7 Å². The van der Waals surface area contributed by atoms with Crippen LogP contribution in [0.25, 0.3) is 0 Å². The fraction of sp³-hybridized carbons (Fsp3) is 0.250. The zero-order valence-electron chi connectivity index (χ0n) is 64.6. The molecule has 5 aromatic heterocycles. The van der Waals surface area contributed by atoms with Gasteiger partial charge in [0, 0.05) is 44.4 Å². The van der Waals surface area contributed by atoms with E-state index in [9.17, 15) is 32.8 Å². The summed E-state index contributed by atoms with van der Waals surface area (Å²) in [6, 6.07) is 50.7. The van der Waals surface area contributed by atoms with Crippen molar-refractivity contribution in [2.45, 2.75) is 95.0 Å². The average molecular weight is 1550 g/mol. The Morgan fingerprint density at radius 2 is 0.655 bits per heavy atom. The Balaban J connectivity index is 0.000000220. The molecule has 10 aromatic rings. The number of amides is 5. The van der Waals surface area contributed by atoms with E-state index >= 15 is 0 Å². The molecule has 0 aliphatic rings. The smallest absolute Gasteiger partial charge is 0.411 e. The predicted octanol–water partition coefficient (Wildman–Crippen LogP) is 15.7. The van der Waals surface area contributed by atoms with Crippen molar-refractivity contribution in [2.24, 2.45) is 0 Å². The first-order valence-electron chi connectivity index (χ1n) is 35.7. The largest absolute Gasteiger partial charge is 0.497 e. The van der Waals surface area contributed by atoms with E-state index < -0.39 is 42.1 Å². The van der Waals surface area contributed by atoms with Gasteiger partial charge in [-0.15, -0.1) is 0 Å².